The molecule has 0 bridgehead atoms. The first-order valence-electron chi connectivity index (χ1n) is 7.85. The molecule has 0 saturated carbocycles. The molecule has 0 aromatic heterocycles. The SMILES string of the molecule is COc1ccc(C)c2c1N(C(=O)CSc1ccccc1)CCC2. The molecule has 2 aromatic rings. The van der Waals surface area contributed by atoms with E-state index in [9.17, 15) is 4.79 Å². The summed E-state index contributed by atoms with van der Waals surface area (Å²) in [5, 5.41) is 0. The molecule has 2 aromatic carbocycles. The Morgan fingerprint density at radius 2 is 2.00 bits per heavy atom. The van der Waals surface area contributed by atoms with Crippen molar-refractivity contribution < 1.29 is 9.53 Å². The van der Waals surface area contributed by atoms with E-state index in [1.54, 1.807) is 18.9 Å². The van der Waals surface area contributed by atoms with Crippen molar-refractivity contribution in [2.75, 3.05) is 24.3 Å². The number of fused-ring (bicyclic) bond motifs is 1. The summed E-state index contributed by atoms with van der Waals surface area (Å²) >= 11 is 1.58. The molecular weight excluding hydrogens is 306 g/mol. The second-order valence-corrected chi connectivity index (χ2v) is 6.71. The van der Waals surface area contributed by atoms with Gasteiger partial charge in [-0.05, 0) is 49.1 Å². The van der Waals surface area contributed by atoms with Gasteiger partial charge < -0.3 is 9.64 Å². The molecule has 1 heterocycles. The highest BCUT2D eigenvalue weighted by atomic mass is 32.2. The molecule has 0 N–H and O–H groups in total. The Kier molecular flexibility index (Phi) is 4.91. The Morgan fingerprint density at radius 3 is 2.74 bits per heavy atom. The monoisotopic (exact) mass is 327 g/mol. The van der Waals surface area contributed by atoms with Gasteiger partial charge in [0.2, 0.25) is 5.91 Å². The highest BCUT2D eigenvalue weighted by Crippen LogP contribution is 2.38. The Hall–Kier alpha value is -1.94. The molecule has 0 radical (unpaired) electrons. The van der Waals surface area contributed by atoms with E-state index in [1.165, 1.54) is 11.1 Å². The average molecular weight is 327 g/mol. The summed E-state index contributed by atoms with van der Waals surface area (Å²) in [6, 6.07) is 14.1. The lowest BCUT2D eigenvalue weighted by molar-refractivity contribution is -0.116. The predicted octanol–water partition coefficient (Wildman–Crippen LogP) is 4.08. The number of anilines is 1. The van der Waals surface area contributed by atoms with E-state index in [0.717, 1.165) is 35.7 Å². The molecule has 23 heavy (non-hydrogen) atoms. The molecule has 1 aliphatic rings. The highest BCUT2D eigenvalue weighted by Gasteiger charge is 2.27. The smallest absolute Gasteiger partial charge is 0.237 e. The summed E-state index contributed by atoms with van der Waals surface area (Å²) < 4.78 is 5.51. The molecular formula is C19H21NO2S. The lowest BCUT2D eigenvalue weighted by atomic mass is 9.96. The summed E-state index contributed by atoms with van der Waals surface area (Å²) in [6.07, 6.45) is 2.01. The first-order valence-corrected chi connectivity index (χ1v) is 8.84. The molecule has 0 atom stereocenters. The zero-order valence-electron chi connectivity index (χ0n) is 13.5. The largest absolute Gasteiger partial charge is 0.495 e. The lowest BCUT2D eigenvalue weighted by Crippen LogP contribution is -2.37. The summed E-state index contributed by atoms with van der Waals surface area (Å²) in [5.41, 5.74) is 3.44. The van der Waals surface area contributed by atoms with Gasteiger partial charge in [0.15, 0.2) is 0 Å². The summed E-state index contributed by atoms with van der Waals surface area (Å²) in [4.78, 5) is 15.8. The van der Waals surface area contributed by atoms with Gasteiger partial charge in [-0.15, -0.1) is 11.8 Å². The number of carbonyl (C=O) groups excluding carboxylic acids is 1. The van der Waals surface area contributed by atoms with Crippen LogP contribution in [0.4, 0.5) is 5.69 Å². The standard InChI is InChI=1S/C19H21NO2S/c1-14-10-11-17(22-2)19-16(14)9-6-12-20(19)18(21)13-23-15-7-4-3-5-8-15/h3-5,7-8,10-11H,6,9,12-13H2,1-2H3. The van der Waals surface area contributed by atoms with Crippen molar-refractivity contribution in [3.05, 3.63) is 53.6 Å². The molecule has 1 aliphatic heterocycles. The number of hydrogen-bond acceptors (Lipinski definition) is 3. The third-order valence-electron chi connectivity index (χ3n) is 4.18. The zero-order chi connectivity index (χ0) is 16.2. The van der Waals surface area contributed by atoms with Crippen molar-refractivity contribution in [3.8, 4) is 5.75 Å². The van der Waals surface area contributed by atoms with E-state index in [4.69, 9.17) is 4.74 Å². The van der Waals surface area contributed by atoms with E-state index in [2.05, 4.69) is 13.0 Å². The summed E-state index contributed by atoms with van der Waals surface area (Å²) in [5.74, 6) is 1.38. The normalized spacial score (nSPS) is 13.6. The fraction of sp³-hybridized carbons (Fsp3) is 0.316. The van der Waals surface area contributed by atoms with Crippen LogP contribution in [-0.4, -0.2) is 25.3 Å². The number of ether oxygens (including phenoxy) is 1. The Bertz CT molecular complexity index is 700. The van der Waals surface area contributed by atoms with Gasteiger partial charge in [0.25, 0.3) is 0 Å². The molecule has 0 fully saturated rings. The van der Waals surface area contributed by atoms with Gasteiger partial charge in [-0.1, -0.05) is 24.3 Å². The Labute approximate surface area is 141 Å². The third-order valence-corrected chi connectivity index (χ3v) is 5.18. The molecule has 0 saturated heterocycles. The van der Waals surface area contributed by atoms with Gasteiger partial charge in [0.05, 0.1) is 18.6 Å². The van der Waals surface area contributed by atoms with Crippen molar-refractivity contribution in [2.45, 2.75) is 24.7 Å². The predicted molar refractivity (Wildman–Crippen MR) is 95.6 cm³/mol. The van der Waals surface area contributed by atoms with Crippen LogP contribution in [0.25, 0.3) is 0 Å². The number of nitrogens with zero attached hydrogens (tertiary/aromatic N) is 1. The number of carbonyl (C=O) groups is 1. The number of benzene rings is 2. The van der Waals surface area contributed by atoms with Crippen LogP contribution >= 0.6 is 11.8 Å². The van der Waals surface area contributed by atoms with Crippen LogP contribution in [0.1, 0.15) is 17.5 Å². The molecule has 0 unspecified atom stereocenters. The van der Waals surface area contributed by atoms with Gasteiger partial charge in [-0.3, -0.25) is 4.79 Å². The minimum Gasteiger partial charge on any atom is -0.495 e. The van der Waals surface area contributed by atoms with E-state index >= 15 is 0 Å². The summed E-state index contributed by atoms with van der Waals surface area (Å²) in [6.45, 7) is 2.87. The van der Waals surface area contributed by atoms with Crippen LogP contribution in [0.3, 0.4) is 0 Å². The van der Waals surface area contributed by atoms with Crippen molar-refractivity contribution in [1.29, 1.82) is 0 Å². The number of methoxy groups -OCH3 is 1. The molecule has 1 amide bonds. The van der Waals surface area contributed by atoms with E-state index < -0.39 is 0 Å². The molecule has 120 valence electrons. The van der Waals surface area contributed by atoms with E-state index in [-0.39, 0.29) is 5.91 Å². The van der Waals surface area contributed by atoms with E-state index in [0.29, 0.717) is 5.75 Å². The molecule has 0 aliphatic carbocycles. The van der Waals surface area contributed by atoms with Crippen molar-refractivity contribution >= 4 is 23.4 Å². The van der Waals surface area contributed by atoms with Crippen molar-refractivity contribution in [2.24, 2.45) is 0 Å². The quantitative estimate of drug-likeness (QED) is 0.793. The topological polar surface area (TPSA) is 29.5 Å². The van der Waals surface area contributed by atoms with Crippen LogP contribution in [0, 0.1) is 6.92 Å². The van der Waals surface area contributed by atoms with Gasteiger partial charge in [-0.25, -0.2) is 0 Å². The van der Waals surface area contributed by atoms with Gasteiger partial charge >= 0.3 is 0 Å². The van der Waals surface area contributed by atoms with Crippen LogP contribution in [0.5, 0.6) is 5.75 Å². The number of amides is 1. The zero-order valence-corrected chi connectivity index (χ0v) is 14.4. The van der Waals surface area contributed by atoms with Crippen LogP contribution in [-0.2, 0) is 11.2 Å². The maximum atomic E-state index is 12.8. The number of aryl methyl sites for hydroxylation is 1. The highest BCUT2D eigenvalue weighted by molar-refractivity contribution is 8.00. The van der Waals surface area contributed by atoms with E-state index in [1.807, 2.05) is 41.3 Å². The second-order valence-electron chi connectivity index (χ2n) is 5.66. The fourth-order valence-electron chi connectivity index (χ4n) is 3.01. The Balaban J connectivity index is 1.82. The molecule has 0 spiro atoms. The Morgan fingerprint density at radius 1 is 1.22 bits per heavy atom. The van der Waals surface area contributed by atoms with Crippen LogP contribution < -0.4 is 9.64 Å². The molecule has 4 heteroatoms. The number of hydrogen-bond donors (Lipinski definition) is 0. The fourth-order valence-corrected chi connectivity index (χ4v) is 3.80. The molecule has 3 rings (SSSR count). The minimum atomic E-state index is 0.142. The first kappa shape index (κ1) is 15.9. The number of thioether (sulfide) groups is 1. The maximum Gasteiger partial charge on any atom is 0.237 e. The summed E-state index contributed by atoms with van der Waals surface area (Å²) in [7, 11) is 1.67. The average Bonchev–Trinajstić information content (AvgIpc) is 2.60. The maximum absolute atomic E-state index is 12.8. The van der Waals surface area contributed by atoms with Crippen LogP contribution in [0.2, 0.25) is 0 Å². The lowest BCUT2D eigenvalue weighted by Gasteiger charge is -2.32. The minimum absolute atomic E-state index is 0.142. The van der Waals surface area contributed by atoms with Crippen molar-refractivity contribution in [3.63, 3.8) is 0 Å². The third kappa shape index (κ3) is 3.37. The van der Waals surface area contributed by atoms with Crippen molar-refractivity contribution in [1.82, 2.24) is 0 Å². The molecule has 3 nitrogen and oxygen atoms in total. The first-order chi connectivity index (χ1) is 11.2. The van der Waals surface area contributed by atoms with Gasteiger partial charge in [-0.2, -0.15) is 0 Å². The van der Waals surface area contributed by atoms with Gasteiger partial charge in [0.1, 0.15) is 5.75 Å². The number of rotatable bonds is 4. The second kappa shape index (κ2) is 7.09. The van der Waals surface area contributed by atoms with Crippen LogP contribution in [0.15, 0.2) is 47.4 Å². The van der Waals surface area contributed by atoms with Gasteiger partial charge in [0, 0.05) is 11.4 Å².